The molecular weight excluding hydrogens is 401 g/mol. The van der Waals surface area contributed by atoms with Crippen molar-refractivity contribution < 1.29 is 27.4 Å². The minimum absolute atomic E-state index is 0.153. The van der Waals surface area contributed by atoms with Gasteiger partial charge in [0, 0.05) is 37.6 Å². The fourth-order valence-electron chi connectivity index (χ4n) is 3.41. The highest BCUT2D eigenvalue weighted by molar-refractivity contribution is 6.05. The number of methoxy groups -OCH3 is 1. The Morgan fingerprint density at radius 2 is 2.00 bits per heavy atom. The molecule has 0 radical (unpaired) electrons. The number of imidazole rings is 1. The van der Waals surface area contributed by atoms with Gasteiger partial charge in [0.25, 0.3) is 5.91 Å². The predicted molar refractivity (Wildman–Crippen MR) is 102 cm³/mol. The van der Waals surface area contributed by atoms with Crippen molar-refractivity contribution in [2.75, 3.05) is 25.6 Å². The number of hydrogen-bond donors (Lipinski definition) is 1. The van der Waals surface area contributed by atoms with E-state index in [1.54, 1.807) is 16.7 Å². The van der Waals surface area contributed by atoms with Gasteiger partial charge in [-0.3, -0.25) is 4.79 Å². The molecule has 30 heavy (non-hydrogen) atoms. The summed E-state index contributed by atoms with van der Waals surface area (Å²) in [6.07, 6.45) is 0.539. The summed E-state index contributed by atoms with van der Waals surface area (Å²) in [6, 6.07) is 4.93. The molecule has 1 N–H and O–H groups in total. The van der Waals surface area contributed by atoms with Crippen molar-refractivity contribution in [2.24, 2.45) is 0 Å². The Morgan fingerprint density at radius 1 is 1.23 bits per heavy atom. The summed E-state index contributed by atoms with van der Waals surface area (Å²) in [7, 11) is 1.41. The molecule has 4 heterocycles. The third-order valence-electron chi connectivity index (χ3n) is 4.96. The van der Waals surface area contributed by atoms with Gasteiger partial charge < -0.3 is 19.2 Å². The van der Waals surface area contributed by atoms with Crippen LogP contribution in [-0.4, -0.2) is 40.6 Å². The van der Waals surface area contributed by atoms with Gasteiger partial charge in [-0.15, -0.1) is 0 Å². The van der Waals surface area contributed by atoms with Crippen molar-refractivity contribution in [1.82, 2.24) is 14.4 Å². The number of carbonyl (C=O) groups excluding carboxylic acids is 1. The molecule has 1 saturated heterocycles. The number of anilines is 1. The van der Waals surface area contributed by atoms with Crippen molar-refractivity contribution in [1.29, 1.82) is 0 Å². The predicted octanol–water partition coefficient (Wildman–Crippen LogP) is 3.90. The van der Waals surface area contributed by atoms with E-state index in [4.69, 9.17) is 9.47 Å². The zero-order chi connectivity index (χ0) is 21.3. The van der Waals surface area contributed by atoms with E-state index in [1.165, 1.54) is 19.2 Å². The number of ether oxygens (including phenoxy) is 2. The number of halogens is 3. The van der Waals surface area contributed by atoms with Crippen LogP contribution in [0, 0.1) is 0 Å². The van der Waals surface area contributed by atoms with Gasteiger partial charge >= 0.3 is 6.18 Å². The van der Waals surface area contributed by atoms with Gasteiger partial charge in [0.15, 0.2) is 0 Å². The van der Waals surface area contributed by atoms with Gasteiger partial charge in [0.1, 0.15) is 22.9 Å². The molecule has 0 spiro atoms. The molecule has 1 fully saturated rings. The van der Waals surface area contributed by atoms with Crippen molar-refractivity contribution in [3.8, 4) is 5.75 Å². The Hall–Kier alpha value is -3.14. The Bertz CT molecular complexity index is 1070. The fraction of sp³-hybridized carbons (Fsp3) is 0.350. The SMILES string of the molecule is COc1cc2nc(C3CCOCC3)cn2cc1C(=O)Nc1cccc(C(F)(F)F)n1. The van der Waals surface area contributed by atoms with E-state index < -0.39 is 17.8 Å². The molecule has 0 bridgehead atoms. The van der Waals surface area contributed by atoms with E-state index in [2.05, 4.69) is 15.3 Å². The lowest BCUT2D eigenvalue weighted by molar-refractivity contribution is -0.141. The standard InChI is InChI=1S/C20H19F3N4O3/c1-29-15-9-18-24-14(12-5-7-30-8-6-12)11-27(18)10-13(15)19(28)26-17-4-2-3-16(25-17)20(21,22)23/h2-4,9-12H,5-8H2,1H3,(H,25,26,28). The smallest absolute Gasteiger partial charge is 0.433 e. The number of carbonyl (C=O) groups is 1. The molecule has 1 aliphatic heterocycles. The molecule has 7 nitrogen and oxygen atoms in total. The van der Waals surface area contributed by atoms with Gasteiger partial charge in [0.05, 0.1) is 18.4 Å². The lowest BCUT2D eigenvalue weighted by Crippen LogP contribution is -2.16. The number of pyridine rings is 2. The molecule has 1 amide bonds. The van der Waals surface area contributed by atoms with Crippen LogP contribution >= 0.6 is 0 Å². The quantitative estimate of drug-likeness (QED) is 0.693. The van der Waals surface area contributed by atoms with Crippen LogP contribution in [0.2, 0.25) is 0 Å². The minimum atomic E-state index is -4.60. The number of hydrogen-bond acceptors (Lipinski definition) is 5. The van der Waals surface area contributed by atoms with Gasteiger partial charge in [-0.2, -0.15) is 13.2 Å². The normalized spacial score (nSPS) is 15.3. The second kappa shape index (κ2) is 7.94. The molecule has 3 aromatic heterocycles. The zero-order valence-corrected chi connectivity index (χ0v) is 16.1. The van der Waals surface area contributed by atoms with E-state index in [0.29, 0.717) is 18.9 Å². The maximum absolute atomic E-state index is 12.9. The van der Waals surface area contributed by atoms with Crippen LogP contribution in [-0.2, 0) is 10.9 Å². The summed E-state index contributed by atoms with van der Waals surface area (Å²) < 4.78 is 51.0. The van der Waals surface area contributed by atoms with Crippen molar-refractivity contribution in [3.05, 3.63) is 53.6 Å². The van der Waals surface area contributed by atoms with Crippen LogP contribution in [0.4, 0.5) is 19.0 Å². The maximum Gasteiger partial charge on any atom is 0.433 e. The van der Waals surface area contributed by atoms with Crippen LogP contribution < -0.4 is 10.1 Å². The molecule has 0 aliphatic carbocycles. The summed E-state index contributed by atoms with van der Waals surface area (Å²) >= 11 is 0. The molecule has 0 atom stereocenters. The Morgan fingerprint density at radius 3 is 2.70 bits per heavy atom. The maximum atomic E-state index is 12.9. The van der Waals surface area contributed by atoms with E-state index in [9.17, 15) is 18.0 Å². The first kappa shape index (κ1) is 20.1. The largest absolute Gasteiger partial charge is 0.496 e. The zero-order valence-electron chi connectivity index (χ0n) is 16.1. The van der Waals surface area contributed by atoms with Crippen molar-refractivity contribution >= 4 is 17.4 Å². The molecule has 3 aromatic rings. The van der Waals surface area contributed by atoms with Crippen LogP contribution in [0.15, 0.2) is 36.7 Å². The monoisotopic (exact) mass is 420 g/mol. The minimum Gasteiger partial charge on any atom is -0.496 e. The molecule has 0 unspecified atom stereocenters. The summed E-state index contributed by atoms with van der Waals surface area (Å²) in [5.41, 5.74) is 0.582. The first-order valence-electron chi connectivity index (χ1n) is 9.35. The lowest BCUT2D eigenvalue weighted by atomic mass is 9.97. The number of amides is 1. The van der Waals surface area contributed by atoms with Gasteiger partial charge in [-0.1, -0.05) is 6.07 Å². The average molecular weight is 420 g/mol. The highest BCUT2D eigenvalue weighted by Crippen LogP contribution is 2.30. The average Bonchev–Trinajstić information content (AvgIpc) is 3.16. The number of rotatable bonds is 4. The molecule has 0 saturated carbocycles. The summed E-state index contributed by atoms with van der Waals surface area (Å²) in [5.74, 6) is -0.306. The molecule has 1 aliphatic rings. The third-order valence-corrected chi connectivity index (χ3v) is 4.96. The Kier molecular flexibility index (Phi) is 5.33. The number of nitrogens with zero attached hydrogens (tertiary/aromatic N) is 3. The highest BCUT2D eigenvalue weighted by atomic mass is 19.4. The number of nitrogens with one attached hydrogen (secondary N) is 1. The first-order valence-corrected chi connectivity index (χ1v) is 9.35. The summed E-state index contributed by atoms with van der Waals surface area (Å²) in [5, 5.41) is 2.40. The first-order chi connectivity index (χ1) is 14.3. The van der Waals surface area contributed by atoms with Crippen molar-refractivity contribution in [2.45, 2.75) is 24.9 Å². The van der Waals surface area contributed by atoms with Gasteiger partial charge in [-0.05, 0) is 25.0 Å². The lowest BCUT2D eigenvalue weighted by Gasteiger charge is -2.19. The molecule has 0 aromatic carbocycles. The second-order valence-corrected chi connectivity index (χ2v) is 6.93. The molecule has 10 heteroatoms. The topological polar surface area (TPSA) is 77.8 Å². The fourth-order valence-corrected chi connectivity index (χ4v) is 3.41. The Labute approximate surface area is 169 Å². The van der Waals surface area contributed by atoms with Gasteiger partial charge in [0.2, 0.25) is 0 Å². The van der Waals surface area contributed by atoms with E-state index in [1.807, 2.05) is 6.20 Å². The molecule has 158 valence electrons. The van der Waals surface area contributed by atoms with E-state index in [-0.39, 0.29) is 23.0 Å². The third kappa shape index (κ3) is 4.09. The molecular formula is C20H19F3N4O3. The van der Waals surface area contributed by atoms with Gasteiger partial charge in [-0.25, -0.2) is 9.97 Å². The summed E-state index contributed by atoms with van der Waals surface area (Å²) in [4.78, 5) is 20.8. The number of aromatic nitrogens is 3. The number of alkyl halides is 3. The van der Waals surface area contributed by atoms with Crippen LogP contribution in [0.25, 0.3) is 5.65 Å². The van der Waals surface area contributed by atoms with Crippen molar-refractivity contribution in [3.63, 3.8) is 0 Å². The molecule has 4 rings (SSSR count). The number of fused-ring (bicyclic) bond motifs is 1. The summed E-state index contributed by atoms with van der Waals surface area (Å²) in [6.45, 7) is 1.36. The van der Waals surface area contributed by atoms with Crippen LogP contribution in [0.1, 0.15) is 40.5 Å². The highest BCUT2D eigenvalue weighted by Gasteiger charge is 2.32. The van der Waals surface area contributed by atoms with E-state index in [0.717, 1.165) is 24.6 Å². The van der Waals surface area contributed by atoms with Crippen LogP contribution in [0.5, 0.6) is 5.75 Å². The van der Waals surface area contributed by atoms with E-state index >= 15 is 0 Å². The van der Waals surface area contributed by atoms with Crippen LogP contribution in [0.3, 0.4) is 0 Å². The Balaban J connectivity index is 1.63. The second-order valence-electron chi connectivity index (χ2n) is 6.93.